The molecular weight excluding hydrogens is 400 g/mol. The minimum Gasteiger partial charge on any atom is -0.418 e. The molecule has 8 nitrogen and oxygen atoms in total. The number of rotatable bonds is 8. The first-order valence-corrected chi connectivity index (χ1v) is 10.6. The van der Waals surface area contributed by atoms with Crippen LogP contribution in [0, 0.1) is 6.92 Å². The van der Waals surface area contributed by atoms with Gasteiger partial charge in [0.05, 0.1) is 11.4 Å². The van der Waals surface area contributed by atoms with E-state index in [-0.39, 0.29) is 19.0 Å². The summed E-state index contributed by atoms with van der Waals surface area (Å²) in [6.45, 7) is 4.79. The van der Waals surface area contributed by atoms with Gasteiger partial charge in [0, 0.05) is 12.1 Å². The number of benzene rings is 1. The van der Waals surface area contributed by atoms with Gasteiger partial charge >= 0.3 is 0 Å². The zero-order valence-corrected chi connectivity index (χ0v) is 17.7. The molecule has 154 valence electrons. The number of thiophene rings is 1. The van der Waals surface area contributed by atoms with E-state index >= 15 is 0 Å². The maximum absolute atomic E-state index is 13.1. The number of amides is 1. The standard InChI is InChI=1S/C21H22N6O2S/c1-3-11-26(13-18-23-24-21(29-18)17-10-7-12-30-17)19(28)14-27-20(22-15(2)25-27)16-8-5-4-6-9-16/h4-10,12H,3,11,13-14H2,1-2H3. The molecule has 4 aromatic rings. The van der Waals surface area contributed by atoms with Crippen LogP contribution in [-0.4, -0.2) is 42.3 Å². The molecule has 4 rings (SSSR count). The molecule has 0 unspecified atom stereocenters. The minimum atomic E-state index is -0.0743. The maximum Gasteiger partial charge on any atom is 0.257 e. The van der Waals surface area contributed by atoms with Crippen LogP contribution in [0.1, 0.15) is 25.1 Å². The first-order valence-electron chi connectivity index (χ1n) is 9.75. The van der Waals surface area contributed by atoms with Gasteiger partial charge in [-0.1, -0.05) is 43.3 Å². The summed E-state index contributed by atoms with van der Waals surface area (Å²) >= 11 is 1.53. The summed E-state index contributed by atoms with van der Waals surface area (Å²) in [4.78, 5) is 20.2. The predicted molar refractivity (Wildman–Crippen MR) is 114 cm³/mol. The summed E-state index contributed by atoms with van der Waals surface area (Å²) in [5.41, 5.74) is 0.922. The topological polar surface area (TPSA) is 89.9 Å². The monoisotopic (exact) mass is 422 g/mol. The third-order valence-corrected chi connectivity index (χ3v) is 5.32. The number of hydrogen-bond acceptors (Lipinski definition) is 7. The third-order valence-electron chi connectivity index (χ3n) is 4.47. The SMILES string of the molecule is CCCN(Cc1nnc(-c2cccs2)o1)C(=O)Cn1nc(C)nc1-c1ccccc1. The van der Waals surface area contributed by atoms with Gasteiger partial charge in [0.2, 0.25) is 11.8 Å². The molecule has 0 aliphatic carbocycles. The molecule has 1 aromatic carbocycles. The summed E-state index contributed by atoms with van der Waals surface area (Å²) in [7, 11) is 0. The predicted octanol–water partition coefficient (Wildman–Crippen LogP) is 3.80. The quantitative estimate of drug-likeness (QED) is 0.429. The van der Waals surface area contributed by atoms with Crippen molar-refractivity contribution in [3.63, 3.8) is 0 Å². The molecule has 0 fully saturated rings. The van der Waals surface area contributed by atoms with Crippen molar-refractivity contribution in [3.05, 3.63) is 59.6 Å². The van der Waals surface area contributed by atoms with Gasteiger partial charge in [0.1, 0.15) is 12.4 Å². The van der Waals surface area contributed by atoms with Crippen LogP contribution >= 0.6 is 11.3 Å². The molecule has 0 saturated carbocycles. The van der Waals surface area contributed by atoms with Gasteiger partial charge in [0.25, 0.3) is 5.89 Å². The normalized spacial score (nSPS) is 11.0. The van der Waals surface area contributed by atoms with E-state index in [1.54, 1.807) is 9.58 Å². The van der Waals surface area contributed by atoms with Crippen molar-refractivity contribution in [3.8, 4) is 22.2 Å². The van der Waals surface area contributed by atoms with Crippen molar-refractivity contribution in [2.75, 3.05) is 6.54 Å². The second-order valence-corrected chi connectivity index (χ2v) is 7.75. The Labute approximate surface area is 178 Å². The lowest BCUT2D eigenvalue weighted by atomic mass is 10.2. The highest BCUT2D eigenvalue weighted by molar-refractivity contribution is 7.13. The number of nitrogens with zero attached hydrogens (tertiary/aromatic N) is 6. The molecule has 0 bridgehead atoms. The first kappa shape index (κ1) is 20.0. The Bertz CT molecular complexity index is 1100. The van der Waals surface area contributed by atoms with E-state index in [1.165, 1.54) is 11.3 Å². The Morgan fingerprint density at radius 1 is 1.17 bits per heavy atom. The summed E-state index contributed by atoms with van der Waals surface area (Å²) in [6, 6.07) is 13.6. The number of aryl methyl sites for hydroxylation is 1. The average Bonchev–Trinajstić information content (AvgIpc) is 3.49. The average molecular weight is 423 g/mol. The molecule has 0 atom stereocenters. The molecule has 30 heavy (non-hydrogen) atoms. The second kappa shape index (κ2) is 9.00. The van der Waals surface area contributed by atoms with E-state index in [0.29, 0.717) is 30.0 Å². The fourth-order valence-electron chi connectivity index (χ4n) is 3.14. The maximum atomic E-state index is 13.1. The van der Waals surface area contributed by atoms with Crippen molar-refractivity contribution in [1.29, 1.82) is 0 Å². The van der Waals surface area contributed by atoms with Crippen LogP contribution in [0.4, 0.5) is 0 Å². The van der Waals surface area contributed by atoms with Crippen LogP contribution in [0.5, 0.6) is 0 Å². The molecule has 9 heteroatoms. The first-order chi connectivity index (χ1) is 14.6. The highest BCUT2D eigenvalue weighted by Gasteiger charge is 2.20. The lowest BCUT2D eigenvalue weighted by Crippen LogP contribution is -2.34. The molecule has 0 N–H and O–H groups in total. The summed E-state index contributed by atoms with van der Waals surface area (Å²) in [5, 5.41) is 14.6. The van der Waals surface area contributed by atoms with Gasteiger partial charge in [-0.05, 0) is 24.8 Å². The van der Waals surface area contributed by atoms with Crippen LogP contribution in [0.2, 0.25) is 0 Å². The minimum absolute atomic E-state index is 0.0743. The van der Waals surface area contributed by atoms with Crippen LogP contribution in [-0.2, 0) is 17.9 Å². The molecule has 0 spiro atoms. The highest BCUT2D eigenvalue weighted by atomic mass is 32.1. The molecule has 1 amide bonds. The zero-order chi connectivity index (χ0) is 20.9. The molecule has 0 aliphatic rings. The smallest absolute Gasteiger partial charge is 0.257 e. The Balaban J connectivity index is 1.51. The second-order valence-electron chi connectivity index (χ2n) is 6.80. The number of carbonyl (C=O) groups is 1. The lowest BCUT2D eigenvalue weighted by Gasteiger charge is -2.20. The van der Waals surface area contributed by atoms with Gasteiger partial charge in [0.15, 0.2) is 5.82 Å². The number of hydrogen-bond donors (Lipinski definition) is 0. The number of carbonyl (C=O) groups excluding carboxylic acids is 1. The van der Waals surface area contributed by atoms with Gasteiger partial charge in [-0.3, -0.25) is 4.79 Å². The Hall–Kier alpha value is -3.33. The van der Waals surface area contributed by atoms with Crippen molar-refractivity contribution >= 4 is 17.2 Å². The Kier molecular flexibility index (Phi) is 5.99. The largest absolute Gasteiger partial charge is 0.418 e. The van der Waals surface area contributed by atoms with Crippen LogP contribution in [0.3, 0.4) is 0 Å². The van der Waals surface area contributed by atoms with E-state index in [0.717, 1.165) is 16.9 Å². The van der Waals surface area contributed by atoms with E-state index in [2.05, 4.69) is 20.3 Å². The van der Waals surface area contributed by atoms with Crippen molar-refractivity contribution in [1.82, 2.24) is 29.9 Å². The van der Waals surface area contributed by atoms with Gasteiger partial charge in [-0.25, -0.2) is 9.67 Å². The molecule has 0 saturated heterocycles. The summed E-state index contributed by atoms with van der Waals surface area (Å²) in [5.74, 6) is 2.12. The van der Waals surface area contributed by atoms with Gasteiger partial charge < -0.3 is 9.32 Å². The third kappa shape index (κ3) is 4.46. The van der Waals surface area contributed by atoms with Crippen LogP contribution in [0.25, 0.3) is 22.2 Å². The Morgan fingerprint density at radius 2 is 2.00 bits per heavy atom. The fraction of sp³-hybridized carbons (Fsp3) is 0.286. The molecule has 3 heterocycles. The lowest BCUT2D eigenvalue weighted by molar-refractivity contribution is -0.133. The number of aromatic nitrogens is 5. The summed E-state index contributed by atoms with van der Waals surface area (Å²) < 4.78 is 7.42. The molecular formula is C21H22N6O2S. The highest BCUT2D eigenvalue weighted by Crippen LogP contribution is 2.23. The van der Waals surface area contributed by atoms with Crippen molar-refractivity contribution < 1.29 is 9.21 Å². The van der Waals surface area contributed by atoms with Gasteiger partial charge in [-0.2, -0.15) is 5.10 Å². The van der Waals surface area contributed by atoms with E-state index in [4.69, 9.17) is 4.42 Å². The molecule has 0 radical (unpaired) electrons. The molecule has 0 aliphatic heterocycles. The summed E-state index contributed by atoms with van der Waals surface area (Å²) in [6.07, 6.45) is 0.819. The van der Waals surface area contributed by atoms with Crippen LogP contribution in [0.15, 0.2) is 52.3 Å². The van der Waals surface area contributed by atoms with Crippen molar-refractivity contribution in [2.24, 2.45) is 0 Å². The zero-order valence-electron chi connectivity index (χ0n) is 16.9. The van der Waals surface area contributed by atoms with Crippen LogP contribution < -0.4 is 0 Å². The van der Waals surface area contributed by atoms with E-state index in [1.807, 2.05) is 61.7 Å². The van der Waals surface area contributed by atoms with Crippen molar-refractivity contribution in [2.45, 2.75) is 33.4 Å². The Morgan fingerprint density at radius 3 is 2.73 bits per heavy atom. The van der Waals surface area contributed by atoms with Gasteiger partial charge in [-0.15, -0.1) is 21.5 Å². The fourth-order valence-corrected chi connectivity index (χ4v) is 3.78. The van der Waals surface area contributed by atoms with E-state index < -0.39 is 0 Å². The molecule has 3 aromatic heterocycles. The van der Waals surface area contributed by atoms with E-state index in [9.17, 15) is 4.79 Å².